The minimum atomic E-state index is -0.802. The normalized spacial score (nSPS) is 19.4. The molecule has 1 aliphatic rings. The zero-order valence-electron chi connectivity index (χ0n) is 8.49. The number of carboxylic acid groups (broad SMARTS) is 1. The Labute approximate surface area is 87.9 Å². The molecule has 4 heteroatoms. The Kier molecular flexibility index (Phi) is 2.60. The first-order chi connectivity index (χ1) is 7.20. The van der Waals surface area contributed by atoms with Crippen molar-refractivity contribution in [2.45, 2.75) is 19.0 Å². The smallest absolute Gasteiger partial charge is 0.321 e. The molecule has 15 heavy (non-hydrogen) atoms. The Bertz CT molecular complexity index is 389. The van der Waals surface area contributed by atoms with Gasteiger partial charge in [0.05, 0.1) is 7.11 Å². The highest BCUT2D eigenvalue weighted by atomic mass is 16.5. The van der Waals surface area contributed by atoms with Gasteiger partial charge in [-0.2, -0.15) is 0 Å². The first-order valence-corrected chi connectivity index (χ1v) is 4.82. The number of ether oxygens (including phenoxy) is 1. The summed E-state index contributed by atoms with van der Waals surface area (Å²) in [6.45, 7) is 0.607. The molecule has 1 aromatic rings. The van der Waals surface area contributed by atoms with Crippen molar-refractivity contribution in [1.82, 2.24) is 5.32 Å². The van der Waals surface area contributed by atoms with Crippen LogP contribution in [0.15, 0.2) is 18.2 Å². The molecule has 0 bridgehead atoms. The molecule has 0 fully saturated rings. The van der Waals surface area contributed by atoms with Crippen molar-refractivity contribution < 1.29 is 14.6 Å². The SMILES string of the molecule is COc1ccc2c(c1)C[C@H](C(=O)O)NC2. The van der Waals surface area contributed by atoms with E-state index in [9.17, 15) is 4.79 Å². The van der Waals surface area contributed by atoms with E-state index >= 15 is 0 Å². The topological polar surface area (TPSA) is 58.6 Å². The van der Waals surface area contributed by atoms with Crippen LogP contribution in [0, 0.1) is 0 Å². The van der Waals surface area contributed by atoms with Gasteiger partial charge in [-0.05, 0) is 29.7 Å². The second kappa shape index (κ2) is 3.90. The fourth-order valence-electron chi connectivity index (χ4n) is 1.79. The lowest BCUT2D eigenvalue weighted by molar-refractivity contribution is -0.139. The first-order valence-electron chi connectivity index (χ1n) is 4.82. The number of nitrogens with one attached hydrogen (secondary N) is 1. The lowest BCUT2D eigenvalue weighted by atomic mass is 9.96. The number of rotatable bonds is 2. The van der Waals surface area contributed by atoms with Crippen molar-refractivity contribution in [2.24, 2.45) is 0 Å². The summed E-state index contributed by atoms with van der Waals surface area (Å²) in [5, 5.41) is 11.9. The molecule has 0 radical (unpaired) electrons. The van der Waals surface area contributed by atoms with Gasteiger partial charge in [0.2, 0.25) is 0 Å². The third kappa shape index (κ3) is 1.94. The summed E-state index contributed by atoms with van der Waals surface area (Å²) < 4.78 is 5.11. The van der Waals surface area contributed by atoms with Crippen LogP contribution in [0.25, 0.3) is 0 Å². The fourth-order valence-corrected chi connectivity index (χ4v) is 1.79. The zero-order valence-corrected chi connectivity index (χ0v) is 8.49. The highest BCUT2D eigenvalue weighted by Gasteiger charge is 2.23. The van der Waals surface area contributed by atoms with E-state index in [4.69, 9.17) is 9.84 Å². The Morgan fingerprint density at radius 1 is 1.53 bits per heavy atom. The number of hydrogen-bond donors (Lipinski definition) is 2. The van der Waals surface area contributed by atoms with Gasteiger partial charge in [0.1, 0.15) is 11.8 Å². The lowest BCUT2D eigenvalue weighted by Gasteiger charge is -2.23. The molecule has 2 rings (SSSR count). The molecule has 0 aromatic heterocycles. The van der Waals surface area contributed by atoms with Gasteiger partial charge in [0.25, 0.3) is 0 Å². The van der Waals surface area contributed by atoms with Crippen molar-refractivity contribution in [3.63, 3.8) is 0 Å². The molecule has 0 saturated heterocycles. The molecule has 80 valence electrons. The van der Waals surface area contributed by atoms with Gasteiger partial charge in [0, 0.05) is 6.54 Å². The van der Waals surface area contributed by atoms with Gasteiger partial charge in [-0.25, -0.2) is 0 Å². The molecule has 2 N–H and O–H groups in total. The molecule has 0 amide bonds. The summed E-state index contributed by atoms with van der Waals surface area (Å²) in [4.78, 5) is 10.8. The molecule has 1 aliphatic heterocycles. The van der Waals surface area contributed by atoms with E-state index in [1.54, 1.807) is 7.11 Å². The van der Waals surface area contributed by atoms with Gasteiger partial charge < -0.3 is 15.2 Å². The number of aliphatic carboxylic acids is 1. The van der Waals surface area contributed by atoms with Crippen LogP contribution in [-0.4, -0.2) is 24.2 Å². The maximum atomic E-state index is 10.8. The molecule has 0 aliphatic carbocycles. The Morgan fingerprint density at radius 2 is 2.33 bits per heavy atom. The number of hydrogen-bond acceptors (Lipinski definition) is 3. The summed E-state index contributed by atoms with van der Waals surface area (Å²) in [5.74, 6) is -0.0248. The van der Waals surface area contributed by atoms with Gasteiger partial charge in [-0.15, -0.1) is 0 Å². The van der Waals surface area contributed by atoms with E-state index in [2.05, 4.69) is 5.32 Å². The summed E-state index contributed by atoms with van der Waals surface area (Å²) in [6.07, 6.45) is 0.516. The van der Waals surface area contributed by atoms with Gasteiger partial charge >= 0.3 is 5.97 Å². The van der Waals surface area contributed by atoms with E-state index in [0.717, 1.165) is 16.9 Å². The molecule has 0 spiro atoms. The summed E-state index contributed by atoms with van der Waals surface area (Å²) in [7, 11) is 1.61. The number of carbonyl (C=O) groups is 1. The number of fused-ring (bicyclic) bond motifs is 1. The van der Waals surface area contributed by atoms with E-state index in [1.165, 1.54) is 0 Å². The van der Waals surface area contributed by atoms with Crippen molar-refractivity contribution in [2.75, 3.05) is 7.11 Å². The van der Waals surface area contributed by atoms with E-state index in [1.807, 2.05) is 18.2 Å². The largest absolute Gasteiger partial charge is 0.497 e. The standard InChI is InChI=1S/C11H13NO3/c1-15-9-3-2-7-6-12-10(11(13)14)5-8(7)4-9/h2-4,10,12H,5-6H2,1H3,(H,13,14)/t10-/m1/s1. The molecule has 0 unspecified atom stereocenters. The number of methoxy groups -OCH3 is 1. The Balaban J connectivity index is 2.27. The molecule has 4 nitrogen and oxygen atoms in total. The van der Waals surface area contributed by atoms with Crippen LogP contribution in [0.5, 0.6) is 5.75 Å². The Morgan fingerprint density at radius 3 is 3.00 bits per heavy atom. The quantitative estimate of drug-likeness (QED) is 0.753. The van der Waals surface area contributed by atoms with Crippen molar-refractivity contribution >= 4 is 5.97 Å². The van der Waals surface area contributed by atoms with Crippen LogP contribution >= 0.6 is 0 Å². The molecule has 1 heterocycles. The average Bonchev–Trinajstić information content (AvgIpc) is 2.27. The highest BCUT2D eigenvalue weighted by molar-refractivity contribution is 5.74. The van der Waals surface area contributed by atoms with Crippen LogP contribution in [0.2, 0.25) is 0 Å². The predicted octanol–water partition coefficient (Wildman–Crippen LogP) is 0.794. The van der Waals surface area contributed by atoms with Crippen LogP contribution in [0.1, 0.15) is 11.1 Å². The molecule has 0 saturated carbocycles. The number of carboxylic acids is 1. The van der Waals surface area contributed by atoms with E-state index in [0.29, 0.717) is 13.0 Å². The fraction of sp³-hybridized carbons (Fsp3) is 0.364. The second-order valence-corrected chi connectivity index (χ2v) is 3.61. The van der Waals surface area contributed by atoms with E-state index < -0.39 is 12.0 Å². The van der Waals surface area contributed by atoms with Gasteiger partial charge in [-0.1, -0.05) is 6.07 Å². The average molecular weight is 207 g/mol. The third-order valence-corrected chi connectivity index (χ3v) is 2.67. The van der Waals surface area contributed by atoms with Crippen LogP contribution < -0.4 is 10.1 Å². The van der Waals surface area contributed by atoms with Gasteiger partial charge in [-0.3, -0.25) is 4.79 Å². The summed E-state index contributed by atoms with van der Waals surface area (Å²) in [5.41, 5.74) is 2.20. The second-order valence-electron chi connectivity index (χ2n) is 3.61. The summed E-state index contributed by atoms with van der Waals surface area (Å²) in [6, 6.07) is 5.29. The predicted molar refractivity (Wildman–Crippen MR) is 55.0 cm³/mol. The minimum absolute atomic E-state index is 0.482. The maximum Gasteiger partial charge on any atom is 0.321 e. The van der Waals surface area contributed by atoms with Crippen molar-refractivity contribution in [3.8, 4) is 5.75 Å². The maximum absolute atomic E-state index is 10.8. The number of benzene rings is 1. The lowest BCUT2D eigenvalue weighted by Crippen LogP contribution is -2.41. The molecule has 1 aromatic carbocycles. The molecular formula is C11H13NO3. The van der Waals surface area contributed by atoms with Gasteiger partial charge in [0.15, 0.2) is 0 Å². The minimum Gasteiger partial charge on any atom is -0.497 e. The Hall–Kier alpha value is -1.55. The zero-order chi connectivity index (χ0) is 10.8. The molecule has 1 atom stereocenters. The van der Waals surface area contributed by atoms with Crippen LogP contribution in [0.4, 0.5) is 0 Å². The van der Waals surface area contributed by atoms with Crippen molar-refractivity contribution in [1.29, 1.82) is 0 Å². The van der Waals surface area contributed by atoms with Crippen LogP contribution in [-0.2, 0) is 17.8 Å². The summed E-state index contributed by atoms with van der Waals surface area (Å²) >= 11 is 0. The highest BCUT2D eigenvalue weighted by Crippen LogP contribution is 2.22. The monoisotopic (exact) mass is 207 g/mol. The van der Waals surface area contributed by atoms with E-state index in [-0.39, 0.29) is 0 Å². The third-order valence-electron chi connectivity index (χ3n) is 2.67. The molecular weight excluding hydrogens is 194 g/mol. The van der Waals surface area contributed by atoms with Crippen LogP contribution in [0.3, 0.4) is 0 Å². The first kappa shape index (κ1) is 9.98. The van der Waals surface area contributed by atoms with Crippen molar-refractivity contribution in [3.05, 3.63) is 29.3 Å².